The molecule has 0 aromatic carbocycles. The molecule has 0 radical (unpaired) electrons. The Labute approximate surface area is 333 Å². The molecule has 56 heavy (non-hydrogen) atoms. The van der Waals surface area contributed by atoms with Crippen molar-refractivity contribution < 1.29 is 81.8 Å². The Kier molecular flexibility index (Phi) is 20.0. The van der Waals surface area contributed by atoms with Crippen LogP contribution >= 0.6 is 34.8 Å². The van der Waals surface area contributed by atoms with Crippen LogP contribution in [0.2, 0.25) is 0 Å². The standard InChI is InChI=1S/C30H43Cl3N6O17/c1-11(35-29(51)53-10-30(31,32)33)24(46)37-17(25(47)38-18(8-40)26(48)34-12(2)28(49)50)7-20(45)39-27-21(36-13(3)41)23(55-16(6)44)22(54-15(5)43)19(56-27)9-52-14(4)42/h11-12,17-19,21-23,27,40H,7-10H2,1-6H3,(H,34,48)(H,35,51)(H,36,41)(H,37,46)(H,38,47)(H,39,45)(H,49,50)/t11-,12-,17-,18-,19+,21+,22+,23+,27+/m0/s1. The van der Waals surface area contributed by atoms with E-state index in [1.807, 2.05) is 5.32 Å². The lowest BCUT2D eigenvalue weighted by atomic mass is 9.94. The molecule has 6 amide bonds. The van der Waals surface area contributed by atoms with E-state index >= 15 is 0 Å². The first-order chi connectivity index (χ1) is 25.8. The third kappa shape index (κ3) is 17.8. The highest BCUT2D eigenvalue weighted by Crippen LogP contribution is 2.27. The van der Waals surface area contributed by atoms with Crippen molar-refractivity contribution in [1.29, 1.82) is 0 Å². The zero-order valence-electron chi connectivity index (χ0n) is 30.7. The van der Waals surface area contributed by atoms with Crippen molar-refractivity contribution in [3.05, 3.63) is 0 Å². The van der Waals surface area contributed by atoms with Gasteiger partial charge >= 0.3 is 30.0 Å². The summed E-state index contributed by atoms with van der Waals surface area (Å²) in [5.41, 5.74) is 0. The van der Waals surface area contributed by atoms with Crippen molar-refractivity contribution in [2.75, 3.05) is 19.8 Å². The van der Waals surface area contributed by atoms with Crippen LogP contribution in [0.3, 0.4) is 0 Å². The first-order valence-corrected chi connectivity index (χ1v) is 17.4. The average molecular weight is 866 g/mol. The lowest BCUT2D eigenvalue weighted by molar-refractivity contribution is -0.228. The normalized spacial score (nSPS) is 21.2. The molecule has 9 atom stereocenters. The van der Waals surface area contributed by atoms with Gasteiger partial charge < -0.3 is 65.8 Å². The number of ether oxygens (including phenoxy) is 5. The SMILES string of the molecule is CC(=O)N[C@@H]1[C@@H](OC(C)=O)[C@H](OC(C)=O)[C@@H](COC(C)=O)O[C@H]1NC(=O)C[C@H](NC(=O)[C@H](C)NC(=O)OCC(Cl)(Cl)Cl)C(=O)N[C@@H](CO)C(=O)N[C@@H](C)C(=O)O. The van der Waals surface area contributed by atoms with Gasteiger partial charge in [0.15, 0.2) is 18.4 Å². The summed E-state index contributed by atoms with van der Waals surface area (Å²) in [7, 11) is 0. The Bertz CT molecular complexity index is 1500. The molecule has 0 unspecified atom stereocenters. The molecule has 26 heteroatoms. The summed E-state index contributed by atoms with van der Waals surface area (Å²) in [6.07, 6.45) is -8.47. The highest BCUT2D eigenvalue weighted by atomic mass is 35.6. The van der Waals surface area contributed by atoms with Gasteiger partial charge in [-0.15, -0.1) is 0 Å². The number of alkyl carbamates (subject to hydrolysis) is 1. The fourth-order valence-electron chi connectivity index (χ4n) is 4.64. The molecule has 0 bridgehead atoms. The summed E-state index contributed by atoms with van der Waals surface area (Å²) in [5.74, 6) is -9.56. The van der Waals surface area contributed by atoms with E-state index in [1.165, 1.54) is 0 Å². The Morgan fingerprint density at radius 3 is 1.77 bits per heavy atom. The van der Waals surface area contributed by atoms with E-state index < -0.39 is 144 Å². The zero-order valence-corrected chi connectivity index (χ0v) is 32.9. The van der Waals surface area contributed by atoms with Crippen molar-refractivity contribution in [2.24, 2.45) is 0 Å². The second-order valence-electron chi connectivity index (χ2n) is 12.0. The maximum atomic E-state index is 13.6. The van der Waals surface area contributed by atoms with E-state index in [9.17, 15) is 53.1 Å². The number of hydrogen-bond donors (Lipinski definition) is 8. The average Bonchev–Trinajstić information content (AvgIpc) is 3.06. The third-order valence-electron chi connectivity index (χ3n) is 7.08. The number of amides is 6. The molecule has 0 saturated carbocycles. The topological polar surface area (TPSA) is 329 Å². The Morgan fingerprint density at radius 1 is 0.714 bits per heavy atom. The molecule has 0 aliphatic carbocycles. The van der Waals surface area contributed by atoms with Crippen molar-refractivity contribution in [2.45, 2.75) is 107 Å². The number of aliphatic carboxylic acids is 1. The van der Waals surface area contributed by atoms with E-state index in [1.54, 1.807) is 0 Å². The molecular weight excluding hydrogens is 823 g/mol. The number of carboxylic acids is 1. The summed E-state index contributed by atoms with van der Waals surface area (Å²) >= 11 is 16.6. The predicted molar refractivity (Wildman–Crippen MR) is 187 cm³/mol. The van der Waals surface area contributed by atoms with Gasteiger partial charge in [-0.05, 0) is 13.8 Å². The zero-order chi connectivity index (χ0) is 43.1. The van der Waals surface area contributed by atoms with Crippen molar-refractivity contribution in [3.63, 3.8) is 0 Å². The van der Waals surface area contributed by atoms with Gasteiger partial charge in [-0.3, -0.25) is 43.2 Å². The van der Waals surface area contributed by atoms with E-state index in [0.717, 1.165) is 41.5 Å². The lowest BCUT2D eigenvalue weighted by Crippen LogP contribution is -2.69. The fraction of sp³-hybridized carbons (Fsp3) is 0.667. The number of halogens is 3. The summed E-state index contributed by atoms with van der Waals surface area (Å²) < 4.78 is 24.2. The number of hydrogen-bond acceptors (Lipinski definition) is 16. The van der Waals surface area contributed by atoms with E-state index in [0.29, 0.717) is 0 Å². The molecule has 1 rings (SSSR count). The number of carbonyl (C=O) groups is 10. The number of rotatable bonds is 18. The number of aliphatic hydroxyl groups excluding tert-OH is 1. The minimum absolute atomic E-state index is 0.620. The number of alkyl halides is 3. The van der Waals surface area contributed by atoms with E-state index in [2.05, 4.69) is 26.6 Å². The molecule has 8 N–H and O–H groups in total. The second kappa shape index (κ2) is 22.7. The molecular formula is C30H43Cl3N6O17. The molecule has 23 nitrogen and oxygen atoms in total. The Balaban J connectivity index is 3.51. The van der Waals surface area contributed by atoms with Gasteiger partial charge in [0.1, 0.15) is 49.5 Å². The minimum Gasteiger partial charge on any atom is -0.480 e. The Morgan fingerprint density at radius 2 is 1.27 bits per heavy atom. The lowest BCUT2D eigenvalue weighted by Gasteiger charge is -2.45. The summed E-state index contributed by atoms with van der Waals surface area (Å²) in [6.45, 7) is 3.90. The minimum atomic E-state index is -2.00. The number of aliphatic hydroxyl groups is 1. The molecule has 1 fully saturated rings. The fourth-order valence-corrected chi connectivity index (χ4v) is 4.80. The number of esters is 3. The molecule has 0 spiro atoms. The molecule has 0 aromatic heterocycles. The van der Waals surface area contributed by atoms with Gasteiger partial charge in [0.25, 0.3) is 0 Å². The van der Waals surface area contributed by atoms with Gasteiger partial charge in [-0.1, -0.05) is 34.8 Å². The van der Waals surface area contributed by atoms with Crippen molar-refractivity contribution >= 4 is 94.3 Å². The molecule has 1 aliphatic heterocycles. The van der Waals surface area contributed by atoms with Crippen molar-refractivity contribution in [3.8, 4) is 0 Å². The molecule has 1 saturated heterocycles. The van der Waals surface area contributed by atoms with Crippen LogP contribution in [0.5, 0.6) is 0 Å². The molecule has 1 aliphatic rings. The van der Waals surface area contributed by atoms with Crippen LogP contribution in [0.1, 0.15) is 48.0 Å². The summed E-state index contributed by atoms with van der Waals surface area (Å²) in [6, 6.07) is -8.23. The number of carbonyl (C=O) groups excluding carboxylic acids is 9. The first-order valence-electron chi connectivity index (χ1n) is 16.3. The predicted octanol–water partition coefficient (Wildman–Crippen LogP) is -2.82. The summed E-state index contributed by atoms with van der Waals surface area (Å²) in [4.78, 5) is 124. The molecule has 316 valence electrons. The molecule has 0 aromatic rings. The summed E-state index contributed by atoms with van der Waals surface area (Å²) in [5, 5.41) is 32.0. The van der Waals surface area contributed by atoms with Crippen molar-refractivity contribution in [1.82, 2.24) is 31.9 Å². The van der Waals surface area contributed by atoms with E-state index in [-0.39, 0.29) is 0 Å². The Hall–Kier alpha value is -4.71. The number of nitrogens with one attached hydrogen (secondary N) is 6. The maximum Gasteiger partial charge on any atom is 0.407 e. The third-order valence-corrected chi connectivity index (χ3v) is 7.41. The van der Waals surface area contributed by atoms with Crippen LogP contribution in [-0.2, 0) is 66.8 Å². The van der Waals surface area contributed by atoms with Gasteiger partial charge in [-0.2, -0.15) is 0 Å². The van der Waals surface area contributed by atoms with Gasteiger partial charge in [0.2, 0.25) is 33.3 Å². The highest BCUT2D eigenvalue weighted by molar-refractivity contribution is 6.67. The van der Waals surface area contributed by atoms with Crippen LogP contribution in [-0.4, -0.2) is 148 Å². The first kappa shape index (κ1) is 49.3. The van der Waals surface area contributed by atoms with Gasteiger partial charge in [-0.25, -0.2) is 4.79 Å². The number of carboxylic acid groups (broad SMARTS) is 1. The smallest absolute Gasteiger partial charge is 0.407 e. The largest absolute Gasteiger partial charge is 0.480 e. The molecule has 1 heterocycles. The maximum absolute atomic E-state index is 13.6. The van der Waals surface area contributed by atoms with Gasteiger partial charge in [0.05, 0.1) is 13.0 Å². The van der Waals surface area contributed by atoms with Crippen LogP contribution < -0.4 is 31.9 Å². The van der Waals surface area contributed by atoms with Gasteiger partial charge in [0, 0.05) is 27.7 Å². The van der Waals surface area contributed by atoms with E-state index in [4.69, 9.17) is 63.6 Å². The van der Waals surface area contributed by atoms with Crippen LogP contribution in [0.25, 0.3) is 0 Å². The van der Waals surface area contributed by atoms with Crippen LogP contribution in [0, 0.1) is 0 Å². The quantitative estimate of drug-likeness (QED) is 0.0391. The van der Waals surface area contributed by atoms with Crippen LogP contribution in [0.15, 0.2) is 0 Å². The second-order valence-corrected chi connectivity index (χ2v) is 14.5. The highest BCUT2D eigenvalue weighted by Gasteiger charge is 2.51. The monoisotopic (exact) mass is 864 g/mol. The van der Waals surface area contributed by atoms with Crippen LogP contribution in [0.4, 0.5) is 4.79 Å².